The van der Waals surface area contributed by atoms with Gasteiger partial charge in [-0.2, -0.15) is 0 Å². The first-order valence-corrected chi connectivity index (χ1v) is 13.1. The van der Waals surface area contributed by atoms with Gasteiger partial charge in [0.15, 0.2) is 0 Å². The van der Waals surface area contributed by atoms with Crippen LogP contribution in [-0.4, -0.2) is 73.7 Å². The Hall–Kier alpha value is -3.10. The molecule has 0 spiro atoms. The van der Waals surface area contributed by atoms with Gasteiger partial charge < -0.3 is 30.1 Å². The molecule has 0 bridgehead atoms. The number of hydrogen-bond donors (Lipinski definition) is 3. The fourth-order valence-corrected chi connectivity index (χ4v) is 4.56. The number of aliphatic hydroxyl groups is 1. The van der Waals surface area contributed by atoms with Gasteiger partial charge in [0, 0.05) is 38.6 Å². The third kappa shape index (κ3) is 8.47. The largest absolute Gasteiger partial charge is 0.449 e. The summed E-state index contributed by atoms with van der Waals surface area (Å²) in [7, 11) is 1.73. The molecule has 202 valence electrons. The average molecular weight is 512 g/mol. The topological polar surface area (TPSA) is 100 Å². The van der Waals surface area contributed by atoms with E-state index in [0.29, 0.717) is 26.1 Å². The van der Waals surface area contributed by atoms with Gasteiger partial charge in [0.2, 0.25) is 0 Å². The first kappa shape index (κ1) is 28.5. The van der Waals surface area contributed by atoms with Crippen LogP contribution < -0.4 is 10.6 Å². The Morgan fingerprint density at radius 2 is 1.65 bits per heavy atom. The van der Waals surface area contributed by atoms with Crippen LogP contribution in [0.2, 0.25) is 0 Å². The van der Waals surface area contributed by atoms with Crippen LogP contribution in [0.1, 0.15) is 57.1 Å². The Morgan fingerprint density at radius 1 is 1.03 bits per heavy atom. The Bertz CT molecular complexity index is 991. The number of unbranched alkanes of at least 4 members (excludes halogenated alkanes) is 1. The fourth-order valence-electron chi connectivity index (χ4n) is 4.56. The number of aliphatic hydroxyl groups excluding tert-OH is 1. The SMILES string of the molecule is CN(CCCC[C@@H](CNCCO)NC(=O)OCC1c2ccccc2-c2ccccc21)C(=O)OC(C)(C)C. The van der Waals surface area contributed by atoms with Gasteiger partial charge in [0.25, 0.3) is 0 Å². The highest BCUT2D eigenvalue weighted by atomic mass is 16.6. The molecular formula is C29H41N3O5. The third-order valence-corrected chi connectivity index (χ3v) is 6.35. The number of rotatable bonds is 12. The number of carbonyl (C=O) groups excluding carboxylic acids is 2. The Kier molecular flexibility index (Phi) is 10.3. The van der Waals surface area contributed by atoms with E-state index in [0.717, 1.165) is 12.8 Å². The van der Waals surface area contributed by atoms with Gasteiger partial charge in [-0.3, -0.25) is 0 Å². The van der Waals surface area contributed by atoms with E-state index in [2.05, 4.69) is 34.9 Å². The number of hydrogen-bond acceptors (Lipinski definition) is 6. The minimum Gasteiger partial charge on any atom is -0.449 e. The maximum atomic E-state index is 12.7. The van der Waals surface area contributed by atoms with Crippen molar-refractivity contribution >= 4 is 12.2 Å². The number of amides is 2. The average Bonchev–Trinajstić information content (AvgIpc) is 3.18. The van der Waals surface area contributed by atoms with Gasteiger partial charge >= 0.3 is 12.2 Å². The number of nitrogens with one attached hydrogen (secondary N) is 2. The van der Waals surface area contributed by atoms with Crippen LogP contribution in [0.5, 0.6) is 0 Å². The zero-order valence-electron chi connectivity index (χ0n) is 22.5. The molecule has 3 N–H and O–H groups in total. The molecular weight excluding hydrogens is 470 g/mol. The van der Waals surface area contributed by atoms with Gasteiger partial charge in [-0.1, -0.05) is 48.5 Å². The molecule has 0 saturated heterocycles. The zero-order chi connectivity index (χ0) is 26.8. The van der Waals surface area contributed by atoms with E-state index in [4.69, 9.17) is 14.6 Å². The highest BCUT2D eigenvalue weighted by Gasteiger charge is 2.29. The molecule has 8 nitrogen and oxygen atoms in total. The molecule has 3 rings (SSSR count). The van der Waals surface area contributed by atoms with E-state index in [9.17, 15) is 9.59 Å². The van der Waals surface area contributed by atoms with Gasteiger partial charge in [-0.25, -0.2) is 9.59 Å². The van der Waals surface area contributed by atoms with Crippen molar-refractivity contribution in [3.63, 3.8) is 0 Å². The van der Waals surface area contributed by atoms with E-state index >= 15 is 0 Å². The summed E-state index contributed by atoms with van der Waals surface area (Å²) >= 11 is 0. The number of nitrogens with zero attached hydrogens (tertiary/aromatic N) is 1. The van der Waals surface area contributed by atoms with Gasteiger partial charge in [0.05, 0.1) is 6.61 Å². The summed E-state index contributed by atoms with van der Waals surface area (Å²) in [4.78, 5) is 26.5. The lowest BCUT2D eigenvalue weighted by Gasteiger charge is -2.25. The molecule has 1 atom stereocenters. The lowest BCUT2D eigenvalue weighted by Crippen LogP contribution is -2.43. The maximum absolute atomic E-state index is 12.7. The van der Waals surface area contributed by atoms with Crippen molar-refractivity contribution in [3.05, 3.63) is 59.7 Å². The molecule has 2 amide bonds. The second-order valence-electron chi connectivity index (χ2n) is 10.5. The normalized spacial score (nSPS) is 13.4. The van der Waals surface area contributed by atoms with E-state index in [1.165, 1.54) is 22.3 Å². The summed E-state index contributed by atoms with van der Waals surface area (Å²) in [5, 5.41) is 15.2. The quantitative estimate of drug-likeness (QED) is 0.363. The molecule has 0 aliphatic heterocycles. The number of fused-ring (bicyclic) bond motifs is 3. The lowest BCUT2D eigenvalue weighted by molar-refractivity contribution is 0.0296. The highest BCUT2D eigenvalue weighted by Crippen LogP contribution is 2.44. The molecule has 0 unspecified atom stereocenters. The summed E-state index contributed by atoms with van der Waals surface area (Å²) in [5.41, 5.74) is 4.20. The van der Waals surface area contributed by atoms with Gasteiger partial charge in [0.1, 0.15) is 12.2 Å². The van der Waals surface area contributed by atoms with Gasteiger partial charge in [-0.15, -0.1) is 0 Å². The second kappa shape index (κ2) is 13.4. The van der Waals surface area contributed by atoms with Crippen molar-refractivity contribution in [2.75, 3.05) is 39.9 Å². The summed E-state index contributed by atoms with van der Waals surface area (Å²) in [6.45, 7) is 7.36. The Labute approximate surface area is 220 Å². The van der Waals surface area contributed by atoms with Crippen LogP contribution in [0.4, 0.5) is 9.59 Å². The van der Waals surface area contributed by atoms with Crippen LogP contribution in [0, 0.1) is 0 Å². The predicted octanol–water partition coefficient (Wildman–Crippen LogP) is 4.51. The smallest absolute Gasteiger partial charge is 0.410 e. The van der Waals surface area contributed by atoms with Crippen molar-refractivity contribution in [2.45, 2.75) is 57.6 Å². The fraction of sp³-hybridized carbons (Fsp3) is 0.517. The predicted molar refractivity (Wildman–Crippen MR) is 145 cm³/mol. The number of carbonyl (C=O) groups is 2. The van der Waals surface area contributed by atoms with Crippen molar-refractivity contribution in [1.82, 2.24) is 15.5 Å². The molecule has 0 fully saturated rings. The number of alkyl carbamates (subject to hydrolysis) is 1. The molecule has 1 aliphatic rings. The lowest BCUT2D eigenvalue weighted by atomic mass is 9.98. The first-order valence-electron chi connectivity index (χ1n) is 13.1. The zero-order valence-corrected chi connectivity index (χ0v) is 22.5. The standard InChI is InChI=1S/C29H41N3O5/c1-29(2,3)37-28(35)32(4)17-10-9-11-21(19-30-16-18-33)31-27(34)36-20-26-24-14-7-5-12-22(24)23-13-6-8-15-25(23)26/h5-8,12-15,21,26,30,33H,9-11,16-20H2,1-4H3,(H,31,34)/t21-/m0/s1. The van der Waals surface area contributed by atoms with Crippen LogP contribution in [-0.2, 0) is 9.47 Å². The Balaban J connectivity index is 1.49. The van der Waals surface area contributed by atoms with E-state index in [-0.39, 0.29) is 31.3 Å². The molecule has 0 saturated carbocycles. The molecule has 0 aromatic heterocycles. The molecule has 8 heteroatoms. The van der Waals surface area contributed by atoms with Crippen molar-refractivity contribution < 1.29 is 24.2 Å². The number of ether oxygens (including phenoxy) is 2. The van der Waals surface area contributed by atoms with E-state index in [1.54, 1.807) is 11.9 Å². The monoisotopic (exact) mass is 511 g/mol. The van der Waals surface area contributed by atoms with Crippen molar-refractivity contribution in [3.8, 4) is 11.1 Å². The van der Waals surface area contributed by atoms with Crippen LogP contribution in [0.15, 0.2) is 48.5 Å². The maximum Gasteiger partial charge on any atom is 0.410 e. The summed E-state index contributed by atoms with van der Waals surface area (Å²) in [5.74, 6) is 0.00695. The van der Waals surface area contributed by atoms with E-state index in [1.807, 2.05) is 45.0 Å². The highest BCUT2D eigenvalue weighted by molar-refractivity contribution is 5.79. The Morgan fingerprint density at radius 3 is 2.24 bits per heavy atom. The van der Waals surface area contributed by atoms with Crippen molar-refractivity contribution in [2.24, 2.45) is 0 Å². The summed E-state index contributed by atoms with van der Waals surface area (Å²) < 4.78 is 11.1. The van der Waals surface area contributed by atoms with Crippen molar-refractivity contribution in [1.29, 1.82) is 0 Å². The first-order chi connectivity index (χ1) is 17.7. The third-order valence-electron chi connectivity index (χ3n) is 6.35. The minimum atomic E-state index is -0.526. The van der Waals surface area contributed by atoms with Gasteiger partial charge in [-0.05, 0) is 62.3 Å². The van der Waals surface area contributed by atoms with E-state index < -0.39 is 11.7 Å². The number of benzene rings is 2. The summed E-state index contributed by atoms with van der Waals surface area (Å²) in [6, 6.07) is 16.3. The molecule has 2 aromatic carbocycles. The van der Waals surface area contributed by atoms with Crippen LogP contribution in [0.3, 0.4) is 0 Å². The summed E-state index contributed by atoms with van der Waals surface area (Å²) in [6.07, 6.45) is 1.50. The molecule has 0 radical (unpaired) electrons. The molecule has 1 aliphatic carbocycles. The molecule has 37 heavy (non-hydrogen) atoms. The molecule has 0 heterocycles. The van der Waals surface area contributed by atoms with Crippen LogP contribution >= 0.6 is 0 Å². The second-order valence-corrected chi connectivity index (χ2v) is 10.5. The van der Waals surface area contributed by atoms with Crippen LogP contribution in [0.25, 0.3) is 11.1 Å². The molecule has 2 aromatic rings. The minimum absolute atomic E-state index is 0.00695.